The molecule has 0 spiro atoms. The van der Waals surface area contributed by atoms with Crippen LogP contribution in [0.3, 0.4) is 0 Å². The van der Waals surface area contributed by atoms with Gasteiger partial charge in [0.15, 0.2) is 0 Å². The summed E-state index contributed by atoms with van der Waals surface area (Å²) in [6.07, 6.45) is 5.42. The Balaban J connectivity index is 3.11. The number of esters is 1. The maximum atomic E-state index is 10.5. The molecule has 0 saturated carbocycles. The molecule has 0 aromatic heterocycles. The van der Waals surface area contributed by atoms with E-state index in [4.69, 9.17) is 5.73 Å². The minimum Gasteiger partial charge on any atom is -0.469 e. The fourth-order valence-corrected chi connectivity index (χ4v) is 0.563. The molecule has 3 heteroatoms. The maximum absolute atomic E-state index is 10.5. The van der Waals surface area contributed by atoms with E-state index in [1.807, 2.05) is 6.08 Å². The Bertz CT molecular complexity index is 121. The van der Waals surface area contributed by atoms with Crippen LogP contribution in [0, 0.1) is 0 Å². The molecule has 0 aliphatic heterocycles. The Morgan fingerprint density at radius 2 is 2.40 bits per heavy atom. The van der Waals surface area contributed by atoms with Crippen LogP contribution in [0.25, 0.3) is 0 Å². The summed E-state index contributed by atoms with van der Waals surface area (Å²) >= 11 is 0. The highest BCUT2D eigenvalue weighted by Crippen LogP contribution is 1.96. The molecule has 0 amide bonds. The number of rotatable bonds is 4. The van der Waals surface area contributed by atoms with Crippen molar-refractivity contribution in [2.75, 3.05) is 7.11 Å². The van der Waals surface area contributed by atoms with Gasteiger partial charge in [0.1, 0.15) is 0 Å². The van der Waals surface area contributed by atoms with Gasteiger partial charge in [-0.15, -0.1) is 0 Å². The first-order chi connectivity index (χ1) is 4.81. The molecular weight excluding hydrogens is 130 g/mol. The number of carbonyl (C=O) groups excluding carboxylic acids is 1. The number of methoxy groups -OCH3 is 1. The summed E-state index contributed by atoms with van der Waals surface area (Å²) in [4.78, 5) is 10.5. The zero-order valence-corrected chi connectivity index (χ0v) is 6.17. The topological polar surface area (TPSA) is 52.3 Å². The third-order valence-electron chi connectivity index (χ3n) is 1.12. The van der Waals surface area contributed by atoms with Crippen molar-refractivity contribution in [2.24, 2.45) is 5.73 Å². The van der Waals surface area contributed by atoms with Gasteiger partial charge in [0.2, 0.25) is 0 Å². The Hall–Kier alpha value is -0.990. The van der Waals surface area contributed by atoms with E-state index in [9.17, 15) is 4.79 Å². The molecule has 3 nitrogen and oxygen atoms in total. The molecule has 0 rings (SSSR count). The minimum atomic E-state index is -0.162. The van der Waals surface area contributed by atoms with Crippen LogP contribution in [0.5, 0.6) is 0 Å². The average molecular weight is 143 g/mol. The predicted octanol–water partition coefficient (Wildman–Crippen LogP) is 0.802. The summed E-state index contributed by atoms with van der Waals surface area (Å²) in [5.41, 5.74) is 5.08. The van der Waals surface area contributed by atoms with Crippen molar-refractivity contribution in [3.8, 4) is 0 Å². The van der Waals surface area contributed by atoms with Crippen molar-refractivity contribution in [3.05, 3.63) is 12.3 Å². The van der Waals surface area contributed by atoms with Crippen LogP contribution in [-0.4, -0.2) is 13.1 Å². The highest BCUT2D eigenvalue weighted by molar-refractivity contribution is 5.68. The van der Waals surface area contributed by atoms with Gasteiger partial charge in [0.05, 0.1) is 7.11 Å². The molecule has 0 saturated heterocycles. The maximum Gasteiger partial charge on any atom is 0.305 e. The van der Waals surface area contributed by atoms with E-state index in [2.05, 4.69) is 4.74 Å². The highest BCUT2D eigenvalue weighted by atomic mass is 16.5. The van der Waals surface area contributed by atoms with Crippen molar-refractivity contribution in [1.29, 1.82) is 0 Å². The number of nitrogens with two attached hydrogens (primary N) is 1. The number of hydrogen-bond acceptors (Lipinski definition) is 3. The van der Waals surface area contributed by atoms with Gasteiger partial charge in [-0.1, -0.05) is 6.08 Å². The fraction of sp³-hybridized carbons (Fsp3) is 0.571. The monoisotopic (exact) mass is 143 g/mol. The quantitative estimate of drug-likeness (QED) is 0.468. The Kier molecular flexibility index (Phi) is 5.53. The molecule has 0 aliphatic rings. The lowest BCUT2D eigenvalue weighted by molar-refractivity contribution is -0.140. The van der Waals surface area contributed by atoms with Crippen LogP contribution in [0.1, 0.15) is 19.3 Å². The molecule has 0 aliphatic carbocycles. The van der Waals surface area contributed by atoms with E-state index >= 15 is 0 Å². The number of ether oxygens (including phenoxy) is 1. The van der Waals surface area contributed by atoms with E-state index in [0.717, 1.165) is 12.8 Å². The average Bonchev–Trinajstić information content (AvgIpc) is 1.98. The van der Waals surface area contributed by atoms with Crippen molar-refractivity contribution >= 4 is 5.97 Å². The van der Waals surface area contributed by atoms with Gasteiger partial charge >= 0.3 is 5.97 Å². The number of unbranched alkanes of at least 4 members (excludes halogenated alkanes) is 1. The van der Waals surface area contributed by atoms with E-state index in [-0.39, 0.29) is 5.97 Å². The standard InChI is InChI=1S/C7H13NO2/c1-10-7(9)5-3-2-4-6-8/h4,6H,2-3,5,8H2,1H3/b6-4-. The molecule has 0 heterocycles. The summed E-state index contributed by atoms with van der Waals surface area (Å²) in [6, 6.07) is 0. The third-order valence-corrected chi connectivity index (χ3v) is 1.12. The Morgan fingerprint density at radius 3 is 2.90 bits per heavy atom. The number of carbonyl (C=O) groups is 1. The fourth-order valence-electron chi connectivity index (χ4n) is 0.563. The Morgan fingerprint density at radius 1 is 1.70 bits per heavy atom. The van der Waals surface area contributed by atoms with E-state index in [1.165, 1.54) is 13.3 Å². The minimum absolute atomic E-state index is 0.162. The van der Waals surface area contributed by atoms with Crippen molar-refractivity contribution < 1.29 is 9.53 Å². The molecule has 0 unspecified atom stereocenters. The van der Waals surface area contributed by atoms with Crippen LogP contribution in [0.4, 0.5) is 0 Å². The number of allylic oxidation sites excluding steroid dienone is 1. The molecule has 0 fully saturated rings. The largest absolute Gasteiger partial charge is 0.469 e. The van der Waals surface area contributed by atoms with Crippen molar-refractivity contribution in [1.82, 2.24) is 0 Å². The molecule has 0 aromatic carbocycles. The van der Waals surface area contributed by atoms with Gasteiger partial charge in [0, 0.05) is 6.42 Å². The lowest BCUT2D eigenvalue weighted by Gasteiger charge is -1.94. The predicted molar refractivity (Wildman–Crippen MR) is 39.2 cm³/mol. The summed E-state index contributed by atoms with van der Waals surface area (Å²) < 4.78 is 4.44. The van der Waals surface area contributed by atoms with Gasteiger partial charge in [0.25, 0.3) is 0 Å². The first kappa shape index (κ1) is 9.01. The second kappa shape index (κ2) is 6.13. The zero-order chi connectivity index (χ0) is 7.82. The second-order valence-electron chi connectivity index (χ2n) is 1.90. The number of hydrogen-bond donors (Lipinski definition) is 1. The van der Waals surface area contributed by atoms with E-state index in [1.54, 1.807) is 0 Å². The molecule has 58 valence electrons. The lowest BCUT2D eigenvalue weighted by atomic mass is 10.2. The van der Waals surface area contributed by atoms with Crippen molar-refractivity contribution in [3.63, 3.8) is 0 Å². The zero-order valence-electron chi connectivity index (χ0n) is 6.17. The smallest absolute Gasteiger partial charge is 0.305 e. The third kappa shape index (κ3) is 5.15. The molecule has 0 bridgehead atoms. The Labute approximate surface area is 60.9 Å². The molecule has 0 atom stereocenters. The molecule has 0 aromatic rings. The summed E-state index contributed by atoms with van der Waals surface area (Å²) in [5.74, 6) is -0.162. The van der Waals surface area contributed by atoms with Gasteiger partial charge in [-0.2, -0.15) is 0 Å². The normalized spacial score (nSPS) is 10.1. The van der Waals surface area contributed by atoms with E-state index < -0.39 is 0 Å². The molecule has 0 radical (unpaired) electrons. The van der Waals surface area contributed by atoms with Crippen LogP contribution < -0.4 is 5.73 Å². The summed E-state index contributed by atoms with van der Waals surface area (Å²) in [6.45, 7) is 0. The van der Waals surface area contributed by atoms with Crippen LogP contribution in [0.15, 0.2) is 12.3 Å². The van der Waals surface area contributed by atoms with Crippen LogP contribution in [-0.2, 0) is 9.53 Å². The van der Waals surface area contributed by atoms with Gasteiger partial charge in [-0.3, -0.25) is 4.79 Å². The summed E-state index contributed by atoms with van der Waals surface area (Å²) in [7, 11) is 1.39. The van der Waals surface area contributed by atoms with Gasteiger partial charge < -0.3 is 10.5 Å². The van der Waals surface area contributed by atoms with Gasteiger partial charge in [-0.05, 0) is 19.0 Å². The SMILES string of the molecule is COC(=O)CCC/C=C\N. The first-order valence-corrected chi connectivity index (χ1v) is 3.24. The van der Waals surface area contributed by atoms with Crippen LogP contribution >= 0.6 is 0 Å². The van der Waals surface area contributed by atoms with Crippen LogP contribution in [0.2, 0.25) is 0 Å². The highest BCUT2D eigenvalue weighted by Gasteiger charge is 1.96. The lowest BCUT2D eigenvalue weighted by Crippen LogP contribution is -1.98. The van der Waals surface area contributed by atoms with Crippen molar-refractivity contribution in [2.45, 2.75) is 19.3 Å². The van der Waals surface area contributed by atoms with Gasteiger partial charge in [-0.25, -0.2) is 0 Å². The van der Waals surface area contributed by atoms with E-state index in [0.29, 0.717) is 6.42 Å². The summed E-state index contributed by atoms with van der Waals surface area (Å²) in [5, 5.41) is 0. The second-order valence-corrected chi connectivity index (χ2v) is 1.90. The molecule has 2 N–H and O–H groups in total. The molecular formula is C7H13NO2. The molecule has 10 heavy (non-hydrogen) atoms. The first-order valence-electron chi connectivity index (χ1n) is 3.24.